The number of hydrogen-bond acceptors (Lipinski definition) is 3. The van der Waals surface area contributed by atoms with Crippen LogP contribution in [0.2, 0.25) is 0 Å². The van der Waals surface area contributed by atoms with Crippen molar-refractivity contribution >= 4 is 11.4 Å². The van der Waals surface area contributed by atoms with Crippen LogP contribution in [0.5, 0.6) is 0 Å². The summed E-state index contributed by atoms with van der Waals surface area (Å²) in [7, 11) is 0. The lowest BCUT2D eigenvalue weighted by atomic mass is 9.97. The minimum Gasteiger partial charge on any atom is -0.750 e. The van der Waals surface area contributed by atoms with E-state index in [1.807, 2.05) is 4.18 Å². The third kappa shape index (κ3) is 3.21. The normalized spacial score (nSPS) is 17.3. The molecule has 0 amide bonds. The Hall–Kier alpha value is -0.840. The average molecular weight is 399 g/mol. The maximum absolute atomic E-state index is 12.7. The zero-order valence-electron chi connectivity index (χ0n) is 9.55. The summed E-state index contributed by atoms with van der Waals surface area (Å²) < 4.78 is 181. The summed E-state index contributed by atoms with van der Waals surface area (Å²) in [6, 6.07) is 0. The van der Waals surface area contributed by atoms with Gasteiger partial charge in [0.15, 0.2) is 0 Å². The molecule has 0 aromatic carbocycles. The highest BCUT2D eigenvalue weighted by atomic mass is 32.2. The summed E-state index contributed by atoms with van der Waals surface area (Å²) in [6.07, 6.45) is -14.6. The predicted octanol–water partition coefficient (Wildman–Crippen LogP) is 3.49. The van der Waals surface area contributed by atoms with Crippen LogP contribution in [0.4, 0.5) is 57.1 Å². The lowest BCUT2D eigenvalue weighted by Gasteiger charge is -2.39. The monoisotopic (exact) mass is 399 g/mol. The third-order valence-electron chi connectivity index (χ3n) is 2.08. The summed E-state index contributed by atoms with van der Waals surface area (Å²) in [5.74, 6) is -31.8. The van der Waals surface area contributed by atoms with Crippen molar-refractivity contribution in [1.29, 1.82) is 0 Å². The number of halogens is 13. The average Bonchev–Trinajstić information content (AvgIpc) is 2.24. The van der Waals surface area contributed by atoms with Gasteiger partial charge in [0.2, 0.25) is 0 Å². The van der Waals surface area contributed by atoms with Gasteiger partial charge < -0.3 is 4.55 Å². The van der Waals surface area contributed by atoms with Crippen LogP contribution in [0.3, 0.4) is 0 Å². The van der Waals surface area contributed by atoms with Gasteiger partial charge in [0.1, 0.15) is 0 Å². The first-order valence-electron chi connectivity index (χ1n) is 4.41. The predicted molar refractivity (Wildman–Crippen MR) is 40.8 cm³/mol. The van der Waals surface area contributed by atoms with E-state index in [0.29, 0.717) is 0 Å². The van der Waals surface area contributed by atoms with Gasteiger partial charge in [0.05, 0.1) is 11.4 Å². The molecule has 3 nitrogen and oxygen atoms in total. The molecule has 0 aromatic heterocycles. The van der Waals surface area contributed by atoms with Crippen molar-refractivity contribution in [3.63, 3.8) is 0 Å². The SMILES string of the molecule is O=S([O-])OC(F)(F)C(F)(F)C(F)(F)C(F)(F)C(F)(F)C(F)(F)F. The van der Waals surface area contributed by atoms with Crippen molar-refractivity contribution in [2.45, 2.75) is 36.0 Å². The summed E-state index contributed by atoms with van der Waals surface area (Å²) in [4.78, 5) is 0. The summed E-state index contributed by atoms with van der Waals surface area (Å²) in [5, 5.41) is 0. The number of rotatable bonds is 6. The number of hydrogen-bond donors (Lipinski definition) is 0. The Morgan fingerprint density at radius 3 is 1.17 bits per heavy atom. The molecule has 0 bridgehead atoms. The van der Waals surface area contributed by atoms with Crippen molar-refractivity contribution in [3.05, 3.63) is 0 Å². The molecule has 17 heteroatoms. The van der Waals surface area contributed by atoms with Crippen molar-refractivity contribution in [3.8, 4) is 0 Å². The highest BCUT2D eigenvalue weighted by molar-refractivity contribution is 7.74. The van der Waals surface area contributed by atoms with Crippen molar-refractivity contribution in [2.24, 2.45) is 0 Å². The molecule has 0 N–H and O–H groups in total. The maximum Gasteiger partial charge on any atom is 0.460 e. The van der Waals surface area contributed by atoms with E-state index in [4.69, 9.17) is 0 Å². The molecular formula is C6F13O3S-. The molecule has 0 heterocycles. The van der Waals surface area contributed by atoms with Gasteiger partial charge in [-0.15, -0.1) is 0 Å². The van der Waals surface area contributed by atoms with Crippen LogP contribution >= 0.6 is 0 Å². The molecular weight excluding hydrogens is 399 g/mol. The minimum absolute atomic E-state index is 1.88. The molecule has 1 atom stereocenters. The topological polar surface area (TPSA) is 49.4 Å². The molecule has 140 valence electrons. The Kier molecular flexibility index (Phi) is 5.40. The molecule has 0 saturated carbocycles. The highest BCUT2D eigenvalue weighted by Crippen LogP contribution is 2.60. The molecule has 0 aromatic rings. The smallest absolute Gasteiger partial charge is 0.460 e. The zero-order chi connectivity index (χ0) is 19.3. The van der Waals surface area contributed by atoms with Gasteiger partial charge in [-0.25, -0.2) is 8.39 Å². The lowest BCUT2D eigenvalue weighted by Crippen LogP contribution is -2.70. The van der Waals surface area contributed by atoms with Crippen LogP contribution < -0.4 is 0 Å². The first-order chi connectivity index (χ1) is 9.67. The molecule has 0 saturated heterocycles. The first kappa shape index (κ1) is 22.2. The van der Waals surface area contributed by atoms with Gasteiger partial charge in [0.25, 0.3) is 0 Å². The fourth-order valence-corrected chi connectivity index (χ4v) is 1.17. The van der Waals surface area contributed by atoms with E-state index < -0.39 is 47.3 Å². The largest absolute Gasteiger partial charge is 0.750 e. The molecule has 0 spiro atoms. The minimum atomic E-state index is -8.10. The molecule has 23 heavy (non-hydrogen) atoms. The van der Waals surface area contributed by atoms with Gasteiger partial charge in [-0.3, -0.25) is 0 Å². The summed E-state index contributed by atoms with van der Waals surface area (Å²) in [5.41, 5.74) is 0. The maximum atomic E-state index is 12.7. The fourth-order valence-electron chi connectivity index (χ4n) is 0.893. The first-order valence-corrected chi connectivity index (χ1v) is 5.41. The molecule has 0 aliphatic rings. The van der Waals surface area contributed by atoms with Crippen LogP contribution in [0.25, 0.3) is 0 Å². The van der Waals surface area contributed by atoms with Crippen LogP contribution in [0, 0.1) is 0 Å². The van der Waals surface area contributed by atoms with Gasteiger partial charge in [-0.2, -0.15) is 57.1 Å². The molecule has 0 aliphatic carbocycles. The van der Waals surface area contributed by atoms with Crippen molar-refractivity contribution in [1.82, 2.24) is 0 Å². The molecule has 0 fully saturated rings. The van der Waals surface area contributed by atoms with E-state index in [0.717, 1.165) is 0 Å². The Morgan fingerprint density at radius 1 is 0.609 bits per heavy atom. The second-order valence-electron chi connectivity index (χ2n) is 3.60. The van der Waals surface area contributed by atoms with E-state index >= 15 is 0 Å². The number of alkyl halides is 13. The van der Waals surface area contributed by atoms with Crippen molar-refractivity contribution in [2.75, 3.05) is 0 Å². The Balaban J connectivity index is 6.19. The summed E-state index contributed by atoms with van der Waals surface area (Å²) in [6.45, 7) is 0. The summed E-state index contributed by atoms with van der Waals surface area (Å²) >= 11 is -4.75. The fraction of sp³-hybridized carbons (Fsp3) is 1.00. The Morgan fingerprint density at radius 2 is 0.913 bits per heavy atom. The van der Waals surface area contributed by atoms with Crippen molar-refractivity contribution < 1.29 is 70.0 Å². The highest BCUT2D eigenvalue weighted by Gasteiger charge is 2.91. The van der Waals surface area contributed by atoms with Crippen LogP contribution in [-0.4, -0.2) is 44.7 Å². The second-order valence-corrected chi connectivity index (χ2v) is 4.17. The standard InChI is InChI=1S/C6HF13O3S/c7-1(8,3(11,12)5(15,16)17)2(9,10)4(13,14)6(18,19)22-23(20)21/h(H,20,21)/p-1. The van der Waals surface area contributed by atoms with Gasteiger partial charge in [-0.05, 0) is 0 Å². The van der Waals surface area contributed by atoms with Gasteiger partial charge in [-0.1, -0.05) is 0 Å². The molecule has 0 radical (unpaired) electrons. The lowest BCUT2D eigenvalue weighted by molar-refractivity contribution is -0.456. The van der Waals surface area contributed by atoms with Gasteiger partial charge in [0, 0.05) is 0 Å². The van der Waals surface area contributed by atoms with E-state index in [1.54, 1.807) is 0 Å². The molecule has 0 aliphatic heterocycles. The van der Waals surface area contributed by atoms with Crippen LogP contribution in [0.1, 0.15) is 0 Å². The zero-order valence-corrected chi connectivity index (χ0v) is 10.4. The Bertz CT molecular complexity index is 469. The quantitative estimate of drug-likeness (QED) is 0.508. The third-order valence-corrected chi connectivity index (χ3v) is 2.42. The Labute approximate surface area is 118 Å². The van der Waals surface area contributed by atoms with Gasteiger partial charge >= 0.3 is 36.0 Å². The van der Waals surface area contributed by atoms with E-state index in [-0.39, 0.29) is 0 Å². The van der Waals surface area contributed by atoms with Crippen LogP contribution in [-0.2, 0) is 15.5 Å². The van der Waals surface area contributed by atoms with E-state index in [2.05, 4.69) is 0 Å². The second kappa shape index (κ2) is 5.61. The van der Waals surface area contributed by atoms with Crippen LogP contribution in [0.15, 0.2) is 0 Å². The van der Waals surface area contributed by atoms with E-state index in [9.17, 15) is 65.8 Å². The molecule has 1 unspecified atom stereocenters. The molecule has 0 rings (SSSR count). The van der Waals surface area contributed by atoms with E-state index in [1.165, 1.54) is 0 Å².